The first-order valence-electron chi connectivity index (χ1n) is 18.4. The van der Waals surface area contributed by atoms with Gasteiger partial charge in [-0.15, -0.1) is 5.10 Å². The molecular weight excluding hydrogens is 731 g/mol. The van der Waals surface area contributed by atoms with Crippen molar-refractivity contribution in [1.29, 1.82) is 0 Å². The number of likely N-dealkylation sites (tertiary alicyclic amines) is 3. The van der Waals surface area contributed by atoms with E-state index in [-0.39, 0.29) is 23.4 Å². The maximum absolute atomic E-state index is 14.2. The number of halogens is 2. The lowest BCUT2D eigenvalue weighted by Gasteiger charge is -2.45. The third-order valence-corrected chi connectivity index (χ3v) is 12.5. The predicted molar refractivity (Wildman–Crippen MR) is 204 cm³/mol. The van der Waals surface area contributed by atoms with Crippen LogP contribution >= 0.6 is 23.2 Å². The molecule has 4 aliphatic rings. The van der Waals surface area contributed by atoms with Crippen molar-refractivity contribution in [2.24, 2.45) is 21.4 Å². The molecule has 2 aromatic carbocycles. The van der Waals surface area contributed by atoms with Crippen molar-refractivity contribution < 1.29 is 24.2 Å². The highest BCUT2D eigenvalue weighted by atomic mass is 35.5. The second-order valence-corrected chi connectivity index (χ2v) is 15.5. The molecule has 2 N–H and O–H groups in total. The molecule has 13 nitrogen and oxygen atoms in total. The number of benzene rings is 2. The van der Waals surface area contributed by atoms with E-state index >= 15 is 0 Å². The fourth-order valence-electron chi connectivity index (χ4n) is 8.36. The Hall–Kier alpha value is -4.59. The van der Waals surface area contributed by atoms with E-state index < -0.39 is 17.4 Å². The molecule has 15 heteroatoms. The van der Waals surface area contributed by atoms with Gasteiger partial charge in [-0.3, -0.25) is 14.6 Å². The number of piperidine rings is 2. The molecule has 0 radical (unpaired) electrons. The Bertz CT molecular complexity index is 1920. The highest BCUT2D eigenvalue weighted by Crippen LogP contribution is 2.42. The summed E-state index contributed by atoms with van der Waals surface area (Å²) in [5.41, 5.74) is 2.36. The smallest absolute Gasteiger partial charge is 0.318 e. The number of hydrogen-bond donors (Lipinski definition) is 2. The molecule has 3 amide bonds. The number of methoxy groups -OCH3 is 1. The van der Waals surface area contributed by atoms with Gasteiger partial charge in [-0.25, -0.2) is 4.79 Å². The first kappa shape index (κ1) is 37.7. The first-order chi connectivity index (χ1) is 26.1. The zero-order valence-corrected chi connectivity index (χ0v) is 31.7. The molecule has 2 atom stereocenters. The minimum absolute atomic E-state index is 0.120. The molecule has 54 heavy (non-hydrogen) atoms. The Morgan fingerprint density at radius 3 is 2.33 bits per heavy atom. The average molecular weight is 776 g/mol. The van der Waals surface area contributed by atoms with Gasteiger partial charge in [0.1, 0.15) is 11.8 Å². The van der Waals surface area contributed by atoms with Crippen LogP contribution in [0.1, 0.15) is 71.6 Å². The molecule has 3 fully saturated rings. The zero-order chi connectivity index (χ0) is 37.9. The Balaban J connectivity index is 1.07. The predicted octanol–water partition coefficient (Wildman–Crippen LogP) is 6.56. The van der Waals surface area contributed by atoms with Crippen LogP contribution in [0.4, 0.5) is 4.79 Å². The summed E-state index contributed by atoms with van der Waals surface area (Å²) >= 11 is 13.0. The fourth-order valence-corrected chi connectivity index (χ4v) is 8.66. The number of urea groups is 1. The monoisotopic (exact) mass is 774 g/mol. The summed E-state index contributed by atoms with van der Waals surface area (Å²) in [5, 5.41) is 25.5. The third-order valence-electron chi connectivity index (χ3n) is 11.7. The van der Waals surface area contributed by atoms with Crippen LogP contribution in [0.5, 0.6) is 5.75 Å². The molecule has 0 bridgehead atoms. The van der Waals surface area contributed by atoms with Gasteiger partial charge in [0.15, 0.2) is 0 Å². The molecule has 0 spiro atoms. The van der Waals surface area contributed by atoms with Crippen molar-refractivity contribution >= 4 is 47.3 Å². The van der Waals surface area contributed by atoms with Gasteiger partial charge in [-0.05, 0) is 103 Å². The number of carboxylic acids is 1. The highest BCUT2D eigenvalue weighted by molar-refractivity contribution is 6.42. The van der Waals surface area contributed by atoms with Crippen LogP contribution in [0, 0.1) is 5.92 Å². The summed E-state index contributed by atoms with van der Waals surface area (Å²) in [4.78, 5) is 49.6. The lowest BCUT2D eigenvalue weighted by molar-refractivity contribution is -0.143. The maximum atomic E-state index is 14.2. The summed E-state index contributed by atoms with van der Waals surface area (Å²) < 4.78 is 5.63. The van der Waals surface area contributed by atoms with Crippen LogP contribution < -0.4 is 10.1 Å². The van der Waals surface area contributed by atoms with E-state index in [1.54, 1.807) is 36.7 Å². The van der Waals surface area contributed by atoms with Crippen LogP contribution in [-0.4, -0.2) is 102 Å². The lowest BCUT2D eigenvalue weighted by Crippen LogP contribution is -2.57. The number of ether oxygens (including phenoxy) is 1. The van der Waals surface area contributed by atoms with Crippen molar-refractivity contribution in [3.05, 3.63) is 93.2 Å². The van der Waals surface area contributed by atoms with Crippen LogP contribution in [0.3, 0.4) is 0 Å². The number of aromatic nitrogens is 1. The van der Waals surface area contributed by atoms with Crippen LogP contribution in [0.15, 0.2) is 76.4 Å². The topological polar surface area (TPSA) is 152 Å². The van der Waals surface area contributed by atoms with Gasteiger partial charge in [0.25, 0.3) is 5.91 Å². The number of nitrogens with zero attached hydrogens (tertiary/aromatic N) is 7. The average Bonchev–Trinajstić information content (AvgIpc) is 3.91. The maximum Gasteiger partial charge on any atom is 0.318 e. The Kier molecular flexibility index (Phi) is 11.2. The van der Waals surface area contributed by atoms with E-state index in [9.17, 15) is 19.5 Å². The summed E-state index contributed by atoms with van der Waals surface area (Å²) in [6, 6.07) is 14.7. The zero-order valence-electron chi connectivity index (χ0n) is 30.2. The SMILES string of the molecule is COc1ccc(C2C=NN=N2)cc1C(=O)N1CCC(CCN2CCC(NC(=O)N3CCC(C(=O)O)CC3)(c3ccncc3)CC2)(c2ccc(Cl)c(Cl)c2)C1. The molecule has 0 saturated carbocycles. The second-order valence-electron chi connectivity index (χ2n) is 14.7. The van der Waals surface area contributed by atoms with Crippen LogP contribution in [0.2, 0.25) is 10.0 Å². The van der Waals surface area contributed by atoms with E-state index in [1.807, 2.05) is 47.4 Å². The number of carbonyl (C=O) groups is 3. The second kappa shape index (κ2) is 16.0. The Labute approximate surface area is 324 Å². The van der Waals surface area contributed by atoms with E-state index in [0.29, 0.717) is 73.2 Å². The summed E-state index contributed by atoms with van der Waals surface area (Å²) in [5.74, 6) is -0.846. The van der Waals surface area contributed by atoms with E-state index in [1.165, 1.54) is 0 Å². The van der Waals surface area contributed by atoms with Crippen molar-refractivity contribution in [3.63, 3.8) is 0 Å². The van der Waals surface area contributed by atoms with Gasteiger partial charge in [-0.2, -0.15) is 5.11 Å². The quantitative estimate of drug-likeness (QED) is 0.237. The minimum Gasteiger partial charge on any atom is -0.496 e. The Morgan fingerprint density at radius 1 is 0.907 bits per heavy atom. The number of carboxylic acid groups (broad SMARTS) is 1. The molecule has 284 valence electrons. The number of nitrogens with one attached hydrogen (secondary N) is 1. The lowest BCUT2D eigenvalue weighted by atomic mass is 9.76. The number of rotatable bonds is 10. The summed E-state index contributed by atoms with van der Waals surface area (Å²) in [6.07, 6.45) is 8.95. The van der Waals surface area contributed by atoms with Gasteiger partial charge in [0.2, 0.25) is 0 Å². The number of carbonyl (C=O) groups excluding carboxylic acids is 2. The molecule has 4 aliphatic heterocycles. The third kappa shape index (κ3) is 7.80. The van der Waals surface area contributed by atoms with Crippen molar-refractivity contribution in [2.75, 3.05) is 52.9 Å². The first-order valence-corrected chi connectivity index (χ1v) is 19.1. The Morgan fingerprint density at radius 2 is 1.67 bits per heavy atom. The van der Waals surface area contributed by atoms with Crippen LogP contribution in [0.25, 0.3) is 0 Å². The number of hydrogen-bond acceptors (Lipinski definition) is 9. The normalized spacial score (nSPS) is 22.8. The van der Waals surface area contributed by atoms with Crippen molar-refractivity contribution in [1.82, 2.24) is 25.0 Å². The van der Waals surface area contributed by atoms with Crippen molar-refractivity contribution in [2.45, 2.75) is 55.5 Å². The molecule has 3 saturated heterocycles. The van der Waals surface area contributed by atoms with Gasteiger partial charge >= 0.3 is 12.0 Å². The van der Waals surface area contributed by atoms with Gasteiger partial charge in [0.05, 0.1) is 40.4 Å². The summed E-state index contributed by atoms with van der Waals surface area (Å²) in [7, 11) is 1.56. The number of pyridine rings is 1. The van der Waals surface area contributed by atoms with Gasteiger partial charge in [0, 0.05) is 57.1 Å². The molecule has 2 unspecified atom stereocenters. The molecule has 0 aliphatic carbocycles. The van der Waals surface area contributed by atoms with E-state index in [0.717, 1.165) is 49.2 Å². The van der Waals surface area contributed by atoms with Crippen molar-refractivity contribution in [3.8, 4) is 5.75 Å². The fraction of sp³-hybridized carbons (Fsp3) is 0.462. The highest BCUT2D eigenvalue weighted by Gasteiger charge is 2.44. The largest absolute Gasteiger partial charge is 0.496 e. The molecule has 7 rings (SSSR count). The van der Waals surface area contributed by atoms with Gasteiger partial charge in [-0.1, -0.05) is 35.3 Å². The van der Waals surface area contributed by atoms with Crippen LogP contribution in [-0.2, 0) is 15.7 Å². The summed E-state index contributed by atoms with van der Waals surface area (Å²) in [6.45, 7) is 4.14. The number of amides is 3. The molecule has 1 aromatic heterocycles. The minimum atomic E-state index is -0.803. The van der Waals surface area contributed by atoms with Gasteiger partial charge < -0.3 is 29.9 Å². The molecular formula is C39H44Cl2N8O5. The van der Waals surface area contributed by atoms with E-state index in [4.69, 9.17) is 27.9 Å². The van der Waals surface area contributed by atoms with E-state index in [2.05, 4.69) is 30.6 Å². The number of aliphatic carboxylic acids is 1. The molecule has 3 aromatic rings. The molecule has 5 heterocycles. The standard InChI is InChI=1S/C39H44Cl2N8O5/c1-54-34-5-2-27(33-24-43-46-45-33)22-30(34)35(50)49-21-11-38(25-49,29-3-4-31(40)32(41)23-29)10-18-47-19-12-39(13-20-47,28-6-14-42-15-7-28)44-37(53)48-16-8-26(9-17-48)36(51)52/h2-7,14-15,22-24,26,33H,8-13,16-21,25H2,1H3,(H,44,53)(H,51,52).